The molecule has 0 aliphatic rings. The van der Waals surface area contributed by atoms with E-state index in [2.05, 4.69) is 20.6 Å². The first kappa shape index (κ1) is 10.6. The smallest absolute Gasteiger partial charge is 0.315 e. The van der Waals surface area contributed by atoms with Crippen molar-refractivity contribution in [2.24, 2.45) is 0 Å². The molecule has 2 amide bonds. The SMILES string of the molecule is Cc1[nH]cnc1CNC(=O)NC(C)C. The highest BCUT2D eigenvalue weighted by Gasteiger charge is 2.04. The van der Waals surface area contributed by atoms with Gasteiger partial charge < -0.3 is 15.6 Å². The molecule has 0 atom stereocenters. The fourth-order valence-corrected chi connectivity index (χ4v) is 1.04. The molecular weight excluding hydrogens is 180 g/mol. The van der Waals surface area contributed by atoms with Crippen LogP contribution in [0.15, 0.2) is 6.33 Å². The summed E-state index contributed by atoms with van der Waals surface area (Å²) < 4.78 is 0. The maximum atomic E-state index is 11.2. The van der Waals surface area contributed by atoms with E-state index < -0.39 is 0 Å². The average molecular weight is 196 g/mol. The highest BCUT2D eigenvalue weighted by Crippen LogP contribution is 1.98. The van der Waals surface area contributed by atoms with Gasteiger partial charge in [0.15, 0.2) is 0 Å². The molecule has 0 aliphatic carbocycles. The first-order valence-electron chi connectivity index (χ1n) is 4.63. The molecule has 0 saturated carbocycles. The number of urea groups is 1. The van der Waals surface area contributed by atoms with E-state index in [-0.39, 0.29) is 12.1 Å². The van der Waals surface area contributed by atoms with Gasteiger partial charge in [0.2, 0.25) is 0 Å². The number of amides is 2. The van der Waals surface area contributed by atoms with E-state index in [1.165, 1.54) is 0 Å². The zero-order chi connectivity index (χ0) is 10.6. The number of aromatic amines is 1. The maximum absolute atomic E-state index is 11.2. The van der Waals surface area contributed by atoms with Gasteiger partial charge in [0, 0.05) is 11.7 Å². The Morgan fingerprint density at radius 3 is 2.86 bits per heavy atom. The molecule has 0 spiro atoms. The zero-order valence-corrected chi connectivity index (χ0v) is 8.72. The monoisotopic (exact) mass is 196 g/mol. The Morgan fingerprint density at radius 1 is 1.64 bits per heavy atom. The second kappa shape index (κ2) is 4.64. The molecule has 1 heterocycles. The van der Waals surface area contributed by atoms with Crippen LogP contribution in [0.3, 0.4) is 0 Å². The molecule has 1 aromatic rings. The number of nitrogens with one attached hydrogen (secondary N) is 3. The lowest BCUT2D eigenvalue weighted by atomic mass is 10.3. The summed E-state index contributed by atoms with van der Waals surface area (Å²) in [5, 5.41) is 5.46. The summed E-state index contributed by atoms with van der Waals surface area (Å²) in [5.74, 6) is 0. The van der Waals surface area contributed by atoms with Crippen LogP contribution in [0.2, 0.25) is 0 Å². The fraction of sp³-hybridized carbons (Fsp3) is 0.556. The molecule has 78 valence electrons. The van der Waals surface area contributed by atoms with Crippen LogP contribution in [0.1, 0.15) is 25.2 Å². The molecule has 0 unspecified atom stereocenters. The van der Waals surface area contributed by atoms with Gasteiger partial charge in [-0.15, -0.1) is 0 Å². The number of hydrogen-bond acceptors (Lipinski definition) is 2. The molecule has 5 heteroatoms. The number of rotatable bonds is 3. The van der Waals surface area contributed by atoms with Crippen molar-refractivity contribution in [1.29, 1.82) is 0 Å². The second-order valence-electron chi connectivity index (χ2n) is 3.46. The van der Waals surface area contributed by atoms with E-state index in [0.717, 1.165) is 11.4 Å². The predicted octanol–water partition coefficient (Wildman–Crippen LogP) is 0.926. The van der Waals surface area contributed by atoms with E-state index in [4.69, 9.17) is 0 Å². The zero-order valence-electron chi connectivity index (χ0n) is 8.72. The molecule has 1 aromatic heterocycles. The molecule has 0 fully saturated rings. The van der Waals surface area contributed by atoms with E-state index in [0.29, 0.717) is 6.54 Å². The molecule has 1 rings (SSSR count). The minimum absolute atomic E-state index is 0.148. The Labute approximate surface area is 83.3 Å². The van der Waals surface area contributed by atoms with Crippen LogP contribution in [0, 0.1) is 6.92 Å². The van der Waals surface area contributed by atoms with Crippen LogP contribution >= 0.6 is 0 Å². The molecule has 0 aliphatic heterocycles. The standard InChI is InChI=1S/C9H16N4O/c1-6(2)13-9(14)10-4-8-7(3)11-5-12-8/h5-6H,4H2,1-3H3,(H,11,12)(H2,10,13,14). The Bertz CT molecular complexity index is 306. The second-order valence-corrected chi connectivity index (χ2v) is 3.46. The summed E-state index contributed by atoms with van der Waals surface area (Å²) in [4.78, 5) is 18.2. The molecule has 3 N–H and O–H groups in total. The summed E-state index contributed by atoms with van der Waals surface area (Å²) in [6, 6.07) is -0.0160. The number of H-pyrrole nitrogens is 1. The number of aryl methyl sites for hydroxylation is 1. The van der Waals surface area contributed by atoms with Gasteiger partial charge in [0.25, 0.3) is 0 Å². The van der Waals surface area contributed by atoms with Crippen LogP contribution in [-0.4, -0.2) is 22.0 Å². The van der Waals surface area contributed by atoms with Crippen LogP contribution in [0.25, 0.3) is 0 Å². The number of carbonyl (C=O) groups is 1. The van der Waals surface area contributed by atoms with Crippen LogP contribution in [-0.2, 0) is 6.54 Å². The summed E-state index contributed by atoms with van der Waals surface area (Å²) in [6.45, 7) is 6.21. The number of carbonyl (C=O) groups excluding carboxylic acids is 1. The molecule has 14 heavy (non-hydrogen) atoms. The van der Waals surface area contributed by atoms with Crippen LogP contribution in [0.4, 0.5) is 4.79 Å². The highest BCUT2D eigenvalue weighted by atomic mass is 16.2. The van der Waals surface area contributed by atoms with Gasteiger partial charge in [0.05, 0.1) is 18.6 Å². The minimum atomic E-state index is -0.164. The largest absolute Gasteiger partial charge is 0.348 e. The Kier molecular flexibility index (Phi) is 3.50. The molecule has 0 bridgehead atoms. The van der Waals surface area contributed by atoms with E-state index in [1.54, 1.807) is 6.33 Å². The third kappa shape index (κ3) is 3.08. The van der Waals surface area contributed by atoms with Crippen LogP contribution < -0.4 is 10.6 Å². The van der Waals surface area contributed by atoms with E-state index in [9.17, 15) is 4.79 Å². The molecule has 5 nitrogen and oxygen atoms in total. The fourth-order valence-electron chi connectivity index (χ4n) is 1.04. The average Bonchev–Trinajstić information content (AvgIpc) is 2.46. The third-order valence-corrected chi connectivity index (χ3v) is 1.77. The topological polar surface area (TPSA) is 69.8 Å². The van der Waals surface area contributed by atoms with E-state index >= 15 is 0 Å². The van der Waals surface area contributed by atoms with Crippen molar-refractivity contribution in [1.82, 2.24) is 20.6 Å². The first-order valence-corrected chi connectivity index (χ1v) is 4.63. The number of imidazole rings is 1. The van der Waals surface area contributed by atoms with Crippen molar-refractivity contribution in [3.63, 3.8) is 0 Å². The quantitative estimate of drug-likeness (QED) is 0.673. The van der Waals surface area contributed by atoms with Crippen molar-refractivity contribution in [3.05, 3.63) is 17.7 Å². The van der Waals surface area contributed by atoms with Gasteiger partial charge in [-0.1, -0.05) is 0 Å². The van der Waals surface area contributed by atoms with Crippen LogP contribution in [0.5, 0.6) is 0 Å². The molecular formula is C9H16N4O. The highest BCUT2D eigenvalue weighted by molar-refractivity contribution is 5.74. The first-order chi connectivity index (χ1) is 6.59. The maximum Gasteiger partial charge on any atom is 0.315 e. The lowest BCUT2D eigenvalue weighted by Crippen LogP contribution is -2.39. The van der Waals surface area contributed by atoms with Crippen molar-refractivity contribution in [2.45, 2.75) is 33.4 Å². The number of nitrogens with zero attached hydrogens (tertiary/aromatic N) is 1. The lowest BCUT2D eigenvalue weighted by molar-refractivity contribution is 0.238. The van der Waals surface area contributed by atoms with E-state index in [1.807, 2.05) is 20.8 Å². The summed E-state index contributed by atoms with van der Waals surface area (Å²) in [5.41, 5.74) is 1.85. The molecule has 0 saturated heterocycles. The van der Waals surface area contributed by atoms with Gasteiger partial charge >= 0.3 is 6.03 Å². The van der Waals surface area contributed by atoms with Gasteiger partial charge in [0.1, 0.15) is 0 Å². The van der Waals surface area contributed by atoms with Crippen molar-refractivity contribution >= 4 is 6.03 Å². The van der Waals surface area contributed by atoms with Gasteiger partial charge in [-0.2, -0.15) is 0 Å². The molecule has 0 aromatic carbocycles. The summed E-state index contributed by atoms with van der Waals surface area (Å²) >= 11 is 0. The summed E-state index contributed by atoms with van der Waals surface area (Å²) in [6.07, 6.45) is 1.62. The number of aromatic nitrogens is 2. The Hall–Kier alpha value is -1.52. The summed E-state index contributed by atoms with van der Waals surface area (Å²) in [7, 11) is 0. The van der Waals surface area contributed by atoms with Gasteiger partial charge in [-0.05, 0) is 20.8 Å². The van der Waals surface area contributed by atoms with Crippen molar-refractivity contribution < 1.29 is 4.79 Å². The van der Waals surface area contributed by atoms with Gasteiger partial charge in [-0.25, -0.2) is 9.78 Å². The Morgan fingerprint density at radius 2 is 2.36 bits per heavy atom. The van der Waals surface area contributed by atoms with Crippen molar-refractivity contribution in [3.8, 4) is 0 Å². The molecule has 0 radical (unpaired) electrons. The lowest BCUT2D eigenvalue weighted by Gasteiger charge is -2.09. The van der Waals surface area contributed by atoms with Crippen molar-refractivity contribution in [2.75, 3.05) is 0 Å². The predicted molar refractivity (Wildman–Crippen MR) is 53.8 cm³/mol. The third-order valence-electron chi connectivity index (χ3n) is 1.77. The number of hydrogen-bond donors (Lipinski definition) is 3. The minimum Gasteiger partial charge on any atom is -0.348 e. The van der Waals surface area contributed by atoms with Gasteiger partial charge in [-0.3, -0.25) is 0 Å². The Balaban J connectivity index is 2.34. The normalized spacial score (nSPS) is 10.3.